The van der Waals surface area contributed by atoms with Crippen LogP contribution >= 0.6 is 0 Å². The summed E-state index contributed by atoms with van der Waals surface area (Å²) in [6.45, 7) is 0.514. The molecule has 0 aliphatic rings. The van der Waals surface area contributed by atoms with Gasteiger partial charge in [-0.25, -0.2) is 0 Å². The van der Waals surface area contributed by atoms with E-state index in [1.807, 2.05) is 41.0 Å². The Kier molecular flexibility index (Phi) is 4.09. The highest BCUT2D eigenvalue weighted by atomic mass is 16.1. The lowest BCUT2D eigenvalue weighted by Gasteiger charge is -2.17. The minimum atomic E-state index is 0.0520. The molecule has 0 unspecified atom stereocenters. The molecule has 7 rings (SSSR count). The van der Waals surface area contributed by atoms with Crippen LogP contribution < -0.4 is 5.56 Å². The smallest absolute Gasteiger partial charge is 0.259 e. The fourth-order valence-corrected chi connectivity index (χ4v) is 5.49. The second-order valence-electron chi connectivity index (χ2n) is 8.91. The van der Waals surface area contributed by atoms with Gasteiger partial charge in [-0.2, -0.15) is 0 Å². The maximum absolute atomic E-state index is 13.8. The summed E-state index contributed by atoms with van der Waals surface area (Å²) in [5.41, 5.74) is 2.20. The number of aromatic nitrogens is 1. The fraction of sp³-hybridized carbons (Fsp3) is 0.0312. The molecular weight excluding hydrogens is 414 g/mol. The van der Waals surface area contributed by atoms with Crippen LogP contribution in [0.3, 0.4) is 0 Å². The predicted molar refractivity (Wildman–Crippen MR) is 144 cm³/mol. The molecule has 34 heavy (non-hydrogen) atoms. The van der Waals surface area contributed by atoms with Crippen molar-refractivity contribution in [2.45, 2.75) is 6.54 Å². The highest BCUT2D eigenvalue weighted by molar-refractivity contribution is 6.14. The molecule has 0 spiro atoms. The molecule has 0 saturated heterocycles. The number of benzene rings is 6. The lowest BCUT2D eigenvalue weighted by Crippen LogP contribution is -2.21. The van der Waals surface area contributed by atoms with E-state index in [2.05, 4.69) is 78.9 Å². The number of hydrogen-bond acceptors (Lipinski definition) is 1. The summed E-state index contributed by atoms with van der Waals surface area (Å²) in [5, 5.41) is 10.1. The third-order valence-corrected chi connectivity index (χ3v) is 7.09. The van der Waals surface area contributed by atoms with Crippen LogP contribution in [0.4, 0.5) is 0 Å². The van der Waals surface area contributed by atoms with Crippen LogP contribution in [0.1, 0.15) is 5.56 Å². The summed E-state index contributed by atoms with van der Waals surface area (Å²) < 4.78 is 1.95. The van der Waals surface area contributed by atoms with Crippen LogP contribution in [0.15, 0.2) is 120 Å². The Morgan fingerprint density at radius 3 is 1.91 bits per heavy atom. The van der Waals surface area contributed by atoms with Crippen molar-refractivity contribution in [3.8, 4) is 0 Å². The third-order valence-electron chi connectivity index (χ3n) is 7.09. The molecule has 6 aromatic carbocycles. The minimum absolute atomic E-state index is 0.0520. The largest absolute Gasteiger partial charge is 0.303 e. The van der Waals surface area contributed by atoms with Gasteiger partial charge in [0, 0.05) is 10.8 Å². The lowest BCUT2D eigenvalue weighted by atomic mass is 9.93. The number of pyridine rings is 1. The normalized spacial score (nSPS) is 11.8. The van der Waals surface area contributed by atoms with Crippen LogP contribution in [-0.2, 0) is 6.54 Å². The minimum Gasteiger partial charge on any atom is -0.303 e. The van der Waals surface area contributed by atoms with Crippen LogP contribution in [0.5, 0.6) is 0 Å². The number of hydrogen-bond donors (Lipinski definition) is 0. The molecule has 0 amide bonds. The first kappa shape index (κ1) is 19.1. The molecule has 0 aliphatic heterocycles. The van der Waals surface area contributed by atoms with Crippen molar-refractivity contribution in [2.75, 3.05) is 0 Å². The highest BCUT2D eigenvalue weighted by Gasteiger charge is 2.15. The van der Waals surface area contributed by atoms with Gasteiger partial charge < -0.3 is 4.57 Å². The van der Waals surface area contributed by atoms with E-state index in [0.29, 0.717) is 6.54 Å². The van der Waals surface area contributed by atoms with Gasteiger partial charge in [0.15, 0.2) is 0 Å². The molecule has 0 atom stereocenters. The second kappa shape index (κ2) is 7.29. The summed E-state index contributed by atoms with van der Waals surface area (Å²) in [5.74, 6) is 0. The highest BCUT2D eigenvalue weighted by Crippen LogP contribution is 2.34. The molecule has 7 aromatic rings. The summed E-state index contributed by atoms with van der Waals surface area (Å²) >= 11 is 0. The Morgan fingerprint density at radius 1 is 0.471 bits per heavy atom. The zero-order valence-corrected chi connectivity index (χ0v) is 18.5. The van der Waals surface area contributed by atoms with Gasteiger partial charge in [-0.15, -0.1) is 0 Å². The van der Waals surface area contributed by atoms with Crippen LogP contribution in [0, 0.1) is 0 Å². The third kappa shape index (κ3) is 2.72. The van der Waals surface area contributed by atoms with Crippen molar-refractivity contribution < 1.29 is 0 Å². The first-order valence-electron chi connectivity index (χ1n) is 11.6. The van der Waals surface area contributed by atoms with Gasteiger partial charge in [0.2, 0.25) is 0 Å². The van der Waals surface area contributed by atoms with E-state index in [1.54, 1.807) is 0 Å². The molecule has 160 valence electrons. The van der Waals surface area contributed by atoms with E-state index in [-0.39, 0.29) is 5.56 Å². The molecule has 0 bridgehead atoms. The van der Waals surface area contributed by atoms with Crippen molar-refractivity contribution in [3.63, 3.8) is 0 Å². The Balaban J connectivity index is 1.61. The maximum atomic E-state index is 13.8. The Labute approximate surface area is 196 Å². The first-order valence-corrected chi connectivity index (χ1v) is 11.6. The Bertz CT molecular complexity index is 1960. The molecule has 0 radical (unpaired) electrons. The molecular formula is C32H21NO. The van der Waals surface area contributed by atoms with E-state index in [1.165, 1.54) is 37.9 Å². The van der Waals surface area contributed by atoms with E-state index < -0.39 is 0 Å². The number of para-hydroxylation sites is 1. The summed E-state index contributed by atoms with van der Waals surface area (Å²) in [4.78, 5) is 13.8. The van der Waals surface area contributed by atoms with Crippen molar-refractivity contribution in [2.24, 2.45) is 0 Å². The molecule has 0 aliphatic carbocycles. The topological polar surface area (TPSA) is 22.0 Å². The summed E-state index contributed by atoms with van der Waals surface area (Å²) in [7, 11) is 0. The van der Waals surface area contributed by atoms with Gasteiger partial charge in [-0.05, 0) is 61.5 Å². The van der Waals surface area contributed by atoms with Crippen molar-refractivity contribution >= 4 is 54.0 Å². The molecule has 1 heterocycles. The number of nitrogens with zero attached hydrogens (tertiary/aromatic N) is 1. The quantitative estimate of drug-likeness (QED) is 0.202. The number of fused-ring (bicyclic) bond motifs is 7. The lowest BCUT2D eigenvalue weighted by molar-refractivity contribution is 0.813. The number of rotatable bonds is 2. The summed E-state index contributed by atoms with van der Waals surface area (Å²) in [6, 6.07) is 39.9. The molecule has 0 fully saturated rings. The predicted octanol–water partition coefficient (Wildman–Crippen LogP) is 7.66. The van der Waals surface area contributed by atoms with Gasteiger partial charge >= 0.3 is 0 Å². The zero-order chi connectivity index (χ0) is 22.6. The van der Waals surface area contributed by atoms with Crippen molar-refractivity contribution in [1.29, 1.82) is 0 Å². The van der Waals surface area contributed by atoms with E-state index in [0.717, 1.165) is 21.7 Å². The van der Waals surface area contributed by atoms with Crippen molar-refractivity contribution in [3.05, 3.63) is 131 Å². The molecule has 2 heteroatoms. The zero-order valence-electron chi connectivity index (χ0n) is 18.5. The SMILES string of the molecule is O=c1c2ccccc2c2ccccc2n1Cc1c2ccccc2cc2c1ccc1ccccc12. The second-order valence-corrected chi connectivity index (χ2v) is 8.91. The van der Waals surface area contributed by atoms with Crippen LogP contribution in [0.25, 0.3) is 54.0 Å². The average Bonchev–Trinajstić information content (AvgIpc) is 2.90. The van der Waals surface area contributed by atoms with E-state index in [9.17, 15) is 4.79 Å². The van der Waals surface area contributed by atoms with Crippen LogP contribution in [0.2, 0.25) is 0 Å². The van der Waals surface area contributed by atoms with Gasteiger partial charge in [0.05, 0.1) is 12.1 Å². The molecule has 0 saturated carbocycles. The molecule has 1 aromatic heterocycles. The standard InChI is InChI=1S/C32H21NO/c34-32-28-15-6-5-13-25(28)27-14-7-8-16-31(27)33(32)20-30-24-12-4-2-10-22(24)19-29-23-11-3-1-9-21(23)17-18-26(29)30/h1-19H,20H2. The summed E-state index contributed by atoms with van der Waals surface area (Å²) in [6.07, 6.45) is 0. The Hall–Kier alpha value is -4.43. The molecule has 0 N–H and O–H groups in total. The Morgan fingerprint density at radius 2 is 1.09 bits per heavy atom. The van der Waals surface area contributed by atoms with E-state index >= 15 is 0 Å². The average molecular weight is 436 g/mol. The van der Waals surface area contributed by atoms with Crippen LogP contribution in [-0.4, -0.2) is 4.57 Å². The monoisotopic (exact) mass is 435 g/mol. The van der Waals surface area contributed by atoms with E-state index in [4.69, 9.17) is 0 Å². The van der Waals surface area contributed by atoms with Gasteiger partial charge in [0.25, 0.3) is 5.56 Å². The van der Waals surface area contributed by atoms with Gasteiger partial charge in [-0.1, -0.05) is 97.1 Å². The molecule has 2 nitrogen and oxygen atoms in total. The van der Waals surface area contributed by atoms with Gasteiger partial charge in [0.1, 0.15) is 0 Å². The van der Waals surface area contributed by atoms with Crippen molar-refractivity contribution in [1.82, 2.24) is 4.57 Å². The van der Waals surface area contributed by atoms with Gasteiger partial charge in [-0.3, -0.25) is 4.79 Å². The fourth-order valence-electron chi connectivity index (χ4n) is 5.49. The first-order chi connectivity index (χ1) is 16.8. The maximum Gasteiger partial charge on any atom is 0.259 e.